The first-order chi connectivity index (χ1) is 15.8. The topological polar surface area (TPSA) is 72.0 Å². The molecule has 1 N–H and O–H groups in total. The average molecular weight is 427 g/mol. The summed E-state index contributed by atoms with van der Waals surface area (Å²) in [6, 6.07) is 18.4. The van der Waals surface area contributed by atoms with E-state index in [1.54, 1.807) is 6.20 Å². The minimum absolute atomic E-state index is 0.428. The lowest BCUT2D eigenvalue weighted by Gasteiger charge is -2.25. The molecule has 0 unspecified atom stereocenters. The number of rotatable bonds is 6. The Labute approximate surface area is 187 Å². The minimum Gasteiger partial charge on any atom is -0.489 e. The van der Waals surface area contributed by atoms with Gasteiger partial charge in [-0.2, -0.15) is 5.10 Å². The van der Waals surface area contributed by atoms with Gasteiger partial charge in [-0.25, -0.2) is 9.50 Å². The molecule has 162 valence electrons. The number of aromatic nitrogens is 3. The lowest BCUT2D eigenvalue weighted by Crippen LogP contribution is -2.12. The predicted octanol–water partition coefficient (Wildman–Crippen LogP) is 5.83. The lowest BCUT2D eigenvalue weighted by molar-refractivity contribution is 0.306. The summed E-state index contributed by atoms with van der Waals surface area (Å²) in [5, 5.41) is 16.8. The van der Waals surface area contributed by atoms with E-state index in [0.29, 0.717) is 18.1 Å². The zero-order chi connectivity index (χ0) is 21.8. The second kappa shape index (κ2) is 9.22. The zero-order valence-corrected chi connectivity index (χ0v) is 17.9. The molecule has 1 saturated carbocycles. The van der Waals surface area contributed by atoms with E-state index in [1.807, 2.05) is 41.0 Å². The van der Waals surface area contributed by atoms with E-state index >= 15 is 0 Å². The van der Waals surface area contributed by atoms with Gasteiger partial charge in [0.25, 0.3) is 0 Å². The van der Waals surface area contributed by atoms with Crippen LogP contribution < -0.4 is 4.74 Å². The maximum absolute atomic E-state index is 8.98. The molecule has 6 heteroatoms. The van der Waals surface area contributed by atoms with Crippen LogP contribution in [0.2, 0.25) is 0 Å². The van der Waals surface area contributed by atoms with Crippen LogP contribution in [0.5, 0.6) is 5.75 Å². The molecule has 0 aliphatic heterocycles. The second-order valence-corrected chi connectivity index (χ2v) is 8.27. The van der Waals surface area contributed by atoms with Crippen molar-refractivity contribution in [2.75, 3.05) is 0 Å². The fourth-order valence-corrected chi connectivity index (χ4v) is 4.58. The fraction of sp³-hybridized carbons (Fsp3) is 0.269. The Morgan fingerprint density at radius 3 is 2.53 bits per heavy atom. The highest BCUT2D eigenvalue weighted by molar-refractivity contribution is 5.87. The summed E-state index contributed by atoms with van der Waals surface area (Å²) < 4.78 is 7.89. The molecule has 2 aromatic heterocycles. The first-order valence-electron chi connectivity index (χ1n) is 11.1. The molecule has 5 rings (SSSR count). The van der Waals surface area contributed by atoms with Crippen molar-refractivity contribution in [3.05, 3.63) is 83.8 Å². The lowest BCUT2D eigenvalue weighted by atomic mass is 9.84. The number of benzene rings is 2. The Morgan fingerprint density at radius 1 is 1.00 bits per heavy atom. The van der Waals surface area contributed by atoms with Crippen LogP contribution >= 0.6 is 0 Å². The van der Waals surface area contributed by atoms with Gasteiger partial charge < -0.3 is 9.94 Å². The van der Waals surface area contributed by atoms with E-state index in [0.717, 1.165) is 40.9 Å². The van der Waals surface area contributed by atoms with Crippen molar-refractivity contribution in [3.63, 3.8) is 0 Å². The maximum Gasteiger partial charge on any atom is 0.164 e. The quantitative estimate of drug-likeness (QED) is 0.239. The van der Waals surface area contributed by atoms with Crippen molar-refractivity contribution in [2.45, 2.75) is 44.6 Å². The number of hydrogen-bond acceptors (Lipinski definition) is 5. The molecule has 2 heterocycles. The van der Waals surface area contributed by atoms with Gasteiger partial charge in [-0.05, 0) is 36.1 Å². The standard InChI is InChI=1S/C26H26N4O2/c31-29-16-22-15-28-30-25(21-9-5-2-6-10-21)24(17-27-26(22)30)20-11-13-23(14-12-20)32-18-19-7-3-1-4-8-19/h1,3-4,7-8,11-17,21,31H,2,5-6,9-10,18H2/b29-16+. The smallest absolute Gasteiger partial charge is 0.164 e. The van der Waals surface area contributed by atoms with Gasteiger partial charge in [0.05, 0.1) is 23.7 Å². The molecule has 1 fully saturated rings. The highest BCUT2D eigenvalue weighted by Crippen LogP contribution is 2.38. The van der Waals surface area contributed by atoms with Gasteiger partial charge in [-0.1, -0.05) is 66.9 Å². The van der Waals surface area contributed by atoms with E-state index in [2.05, 4.69) is 39.5 Å². The van der Waals surface area contributed by atoms with Crippen molar-refractivity contribution in [3.8, 4) is 16.9 Å². The first-order valence-corrected chi connectivity index (χ1v) is 11.1. The van der Waals surface area contributed by atoms with Gasteiger partial charge in [0.2, 0.25) is 0 Å². The SMILES string of the molecule is O/N=C/c1cnn2c(C3CCCCC3)c(-c3ccc(OCc4ccccc4)cc3)cnc12. The molecule has 0 bridgehead atoms. The molecular weight excluding hydrogens is 400 g/mol. The van der Waals surface area contributed by atoms with E-state index in [9.17, 15) is 0 Å². The Morgan fingerprint density at radius 2 is 1.78 bits per heavy atom. The Kier molecular flexibility index (Phi) is 5.83. The number of oxime groups is 1. The summed E-state index contributed by atoms with van der Waals surface area (Å²) in [5.74, 6) is 1.27. The molecule has 32 heavy (non-hydrogen) atoms. The van der Waals surface area contributed by atoms with Crippen molar-refractivity contribution in [1.29, 1.82) is 0 Å². The van der Waals surface area contributed by atoms with Gasteiger partial charge in [-0.15, -0.1) is 0 Å². The van der Waals surface area contributed by atoms with Gasteiger partial charge >= 0.3 is 0 Å². The third-order valence-electron chi connectivity index (χ3n) is 6.19. The van der Waals surface area contributed by atoms with E-state index in [-0.39, 0.29) is 0 Å². The predicted molar refractivity (Wildman–Crippen MR) is 124 cm³/mol. The monoisotopic (exact) mass is 426 g/mol. The Bertz CT molecular complexity index is 1210. The van der Waals surface area contributed by atoms with Crippen LogP contribution in [0.25, 0.3) is 16.8 Å². The summed E-state index contributed by atoms with van der Waals surface area (Å²) in [4.78, 5) is 4.66. The molecule has 2 aromatic carbocycles. The normalized spacial score (nSPS) is 14.9. The first kappa shape index (κ1) is 20.2. The van der Waals surface area contributed by atoms with Gasteiger partial charge in [-0.3, -0.25) is 0 Å². The van der Waals surface area contributed by atoms with Crippen LogP contribution in [0.1, 0.15) is 54.8 Å². The zero-order valence-electron chi connectivity index (χ0n) is 17.9. The van der Waals surface area contributed by atoms with E-state index < -0.39 is 0 Å². The van der Waals surface area contributed by atoms with Crippen LogP contribution in [-0.2, 0) is 6.61 Å². The van der Waals surface area contributed by atoms with Gasteiger partial charge in [0.15, 0.2) is 5.65 Å². The van der Waals surface area contributed by atoms with Crippen LogP contribution in [0.4, 0.5) is 0 Å². The average Bonchev–Trinajstić information content (AvgIpc) is 3.27. The third kappa shape index (κ3) is 4.08. The molecular formula is C26H26N4O2. The van der Waals surface area contributed by atoms with Gasteiger partial charge in [0.1, 0.15) is 12.4 Å². The van der Waals surface area contributed by atoms with Crippen LogP contribution in [0.3, 0.4) is 0 Å². The van der Waals surface area contributed by atoms with Crippen molar-refractivity contribution < 1.29 is 9.94 Å². The Balaban J connectivity index is 1.48. The number of ether oxygens (including phenoxy) is 1. The van der Waals surface area contributed by atoms with Crippen LogP contribution in [-0.4, -0.2) is 26.0 Å². The molecule has 0 radical (unpaired) electrons. The third-order valence-corrected chi connectivity index (χ3v) is 6.19. The number of hydrogen-bond donors (Lipinski definition) is 1. The highest BCUT2D eigenvalue weighted by atomic mass is 16.5. The highest BCUT2D eigenvalue weighted by Gasteiger charge is 2.24. The summed E-state index contributed by atoms with van der Waals surface area (Å²) in [6.07, 6.45) is 11.1. The molecule has 0 spiro atoms. The molecule has 6 nitrogen and oxygen atoms in total. The summed E-state index contributed by atoms with van der Waals surface area (Å²) >= 11 is 0. The molecule has 4 aromatic rings. The van der Waals surface area contributed by atoms with Crippen molar-refractivity contribution >= 4 is 11.9 Å². The van der Waals surface area contributed by atoms with Gasteiger partial charge in [0, 0.05) is 17.7 Å². The summed E-state index contributed by atoms with van der Waals surface area (Å²) in [6.45, 7) is 0.545. The molecule has 0 saturated heterocycles. The maximum atomic E-state index is 8.98. The summed E-state index contributed by atoms with van der Waals surface area (Å²) in [5.41, 5.74) is 5.95. The summed E-state index contributed by atoms with van der Waals surface area (Å²) in [7, 11) is 0. The van der Waals surface area contributed by atoms with Crippen molar-refractivity contribution in [1.82, 2.24) is 14.6 Å². The Hall–Kier alpha value is -3.67. The van der Waals surface area contributed by atoms with E-state index in [1.165, 1.54) is 31.2 Å². The molecule has 1 aliphatic carbocycles. The van der Waals surface area contributed by atoms with Crippen LogP contribution in [0.15, 0.2) is 72.1 Å². The largest absolute Gasteiger partial charge is 0.489 e. The molecule has 0 atom stereocenters. The fourth-order valence-electron chi connectivity index (χ4n) is 4.58. The van der Waals surface area contributed by atoms with E-state index in [4.69, 9.17) is 9.94 Å². The second-order valence-electron chi connectivity index (χ2n) is 8.27. The molecule has 0 amide bonds. The van der Waals surface area contributed by atoms with Crippen LogP contribution in [0, 0.1) is 0 Å². The number of fused-ring (bicyclic) bond motifs is 1. The molecule has 1 aliphatic rings. The number of nitrogens with zero attached hydrogens (tertiary/aromatic N) is 4. The van der Waals surface area contributed by atoms with Crippen molar-refractivity contribution in [2.24, 2.45) is 5.16 Å². The minimum atomic E-state index is 0.428.